The number of esters is 3. The molecule has 0 aliphatic carbocycles. The number of guanidine groups is 1. The molecule has 0 radical (unpaired) electrons. The maximum atomic E-state index is 12.1. The van der Waals surface area contributed by atoms with Crippen LogP contribution in [0.15, 0.2) is 24.3 Å². The number of carboxylic acid groups (broad SMARTS) is 1. The Hall–Kier alpha value is -3.63. The van der Waals surface area contributed by atoms with Gasteiger partial charge in [-0.1, -0.05) is 32.4 Å². The molecule has 39 heavy (non-hydrogen) atoms. The summed E-state index contributed by atoms with van der Waals surface area (Å²) in [4.78, 5) is 45.7. The van der Waals surface area contributed by atoms with Crippen molar-refractivity contribution < 1.29 is 38.9 Å². The number of carboxylic acids is 1. The van der Waals surface area contributed by atoms with Gasteiger partial charge in [-0.15, -0.1) is 0 Å². The summed E-state index contributed by atoms with van der Waals surface area (Å²) in [5.41, 5.74) is 28.0. The molecule has 0 fully saturated rings. The Morgan fingerprint density at radius 3 is 2.00 bits per heavy atom. The van der Waals surface area contributed by atoms with Crippen molar-refractivity contribution in [2.45, 2.75) is 63.7 Å². The number of ether oxygens (including phenoxy) is 2. The molecule has 0 spiro atoms. The van der Waals surface area contributed by atoms with E-state index in [1.807, 2.05) is 13.8 Å². The Morgan fingerprint density at radius 2 is 1.54 bits per heavy atom. The van der Waals surface area contributed by atoms with Crippen LogP contribution < -0.4 is 38.7 Å². The molecular formula is C24H41N7O8. The molecule has 1 aromatic rings. The Labute approximate surface area is 226 Å². The van der Waals surface area contributed by atoms with Crippen molar-refractivity contribution in [1.82, 2.24) is 5.32 Å². The molecule has 0 aliphatic rings. The van der Waals surface area contributed by atoms with E-state index in [4.69, 9.17) is 53.8 Å². The minimum absolute atomic E-state index is 0.00109. The summed E-state index contributed by atoms with van der Waals surface area (Å²) in [6.45, 7) is 3.68. The second-order valence-corrected chi connectivity index (χ2v) is 8.74. The Bertz CT molecular complexity index is 945. The molecule has 0 amide bonds. The number of benzene rings is 1. The summed E-state index contributed by atoms with van der Waals surface area (Å²) in [5, 5.41) is 25.5. The number of aliphatic hydroxyl groups is 1. The van der Waals surface area contributed by atoms with Crippen LogP contribution in [0.1, 0.15) is 38.7 Å². The number of nitrogens with one attached hydrogen (secondary N) is 2. The molecule has 5 atom stereocenters. The Balaban J connectivity index is 0.00000181. The fourth-order valence-corrected chi connectivity index (χ4v) is 2.69. The number of hydrogen-bond acceptors (Lipinski definition) is 12. The third-order valence-corrected chi connectivity index (χ3v) is 5.45. The van der Waals surface area contributed by atoms with E-state index < -0.39 is 54.7 Å². The third-order valence-electron chi connectivity index (χ3n) is 5.45. The van der Waals surface area contributed by atoms with Crippen LogP contribution in [-0.2, 0) is 30.3 Å². The lowest BCUT2D eigenvalue weighted by Gasteiger charge is -2.17. The van der Waals surface area contributed by atoms with Crippen molar-refractivity contribution in [3.05, 3.63) is 29.8 Å². The van der Waals surface area contributed by atoms with E-state index in [1.54, 1.807) is 24.3 Å². The summed E-state index contributed by atoms with van der Waals surface area (Å²) in [7, 11) is 0. The SMILES string of the molecule is CC[C@H](C)[C@H](N)C(=O)Oc1ccc(C[C@H](N)C(=O)OC(=O)[C@@H](N)CCCNC(=N)N)cc1.N[C@@H](CO)C(=O)O. The first-order valence-corrected chi connectivity index (χ1v) is 12.2. The molecule has 0 saturated heterocycles. The molecular weight excluding hydrogens is 514 g/mol. The Kier molecular flexibility index (Phi) is 16.9. The zero-order valence-electron chi connectivity index (χ0n) is 22.2. The van der Waals surface area contributed by atoms with Crippen LogP contribution in [-0.4, -0.2) is 77.4 Å². The molecule has 0 heterocycles. The average Bonchev–Trinajstić information content (AvgIpc) is 2.90. The molecule has 1 aromatic carbocycles. The van der Waals surface area contributed by atoms with Gasteiger partial charge in [-0.05, 0) is 42.9 Å². The molecule has 0 aliphatic heterocycles. The van der Waals surface area contributed by atoms with Crippen LogP contribution in [0.3, 0.4) is 0 Å². The zero-order chi connectivity index (χ0) is 30.1. The molecule has 220 valence electrons. The monoisotopic (exact) mass is 555 g/mol. The fraction of sp³-hybridized carbons (Fsp3) is 0.542. The molecule has 0 saturated carbocycles. The van der Waals surface area contributed by atoms with Crippen LogP contribution in [0.4, 0.5) is 0 Å². The van der Waals surface area contributed by atoms with E-state index in [0.29, 0.717) is 24.3 Å². The lowest BCUT2D eigenvalue weighted by atomic mass is 10.0. The normalized spacial score (nSPS) is 14.3. The molecule has 14 N–H and O–H groups in total. The summed E-state index contributed by atoms with van der Waals surface area (Å²) in [6, 6.07) is 2.56. The first-order chi connectivity index (χ1) is 18.2. The summed E-state index contributed by atoms with van der Waals surface area (Å²) in [5.74, 6) is -3.30. The minimum atomic E-state index is -1.18. The number of aliphatic carboxylic acids is 1. The standard InChI is InChI=1S/C21H34N6O5.C3H7NO3/c1-3-12(2)17(24)20(30)31-14-8-6-13(7-9-14)11-16(23)19(29)32-18(28)15(22)5-4-10-27-21(25)26;4-2(1-5)3(6)7/h6-9,12,15-17H,3-5,10-11,22-24H2,1-2H3,(H4,25,26,27);2,5H,1,4H2,(H,6,7)/t12-,15-,16-,17-;2-/m00/s1. The largest absolute Gasteiger partial charge is 0.480 e. The van der Waals surface area contributed by atoms with Gasteiger partial charge in [0.25, 0.3) is 0 Å². The predicted octanol–water partition coefficient (Wildman–Crippen LogP) is -2.11. The number of carbonyl (C=O) groups is 4. The number of aliphatic hydroxyl groups excluding tert-OH is 1. The van der Waals surface area contributed by atoms with Crippen molar-refractivity contribution in [3.8, 4) is 5.75 Å². The fourth-order valence-electron chi connectivity index (χ4n) is 2.69. The summed E-state index contributed by atoms with van der Waals surface area (Å²) in [6.07, 6.45) is 1.59. The van der Waals surface area contributed by atoms with Gasteiger partial charge in [-0.3, -0.25) is 10.2 Å². The van der Waals surface area contributed by atoms with Gasteiger partial charge in [0.05, 0.1) is 6.61 Å². The Morgan fingerprint density at radius 1 is 0.974 bits per heavy atom. The van der Waals surface area contributed by atoms with Crippen LogP contribution >= 0.6 is 0 Å². The van der Waals surface area contributed by atoms with Crippen molar-refractivity contribution in [1.29, 1.82) is 5.41 Å². The quantitative estimate of drug-likeness (QED) is 0.0296. The second-order valence-electron chi connectivity index (χ2n) is 8.74. The second kappa shape index (κ2) is 18.6. The van der Waals surface area contributed by atoms with E-state index in [9.17, 15) is 19.2 Å². The lowest BCUT2D eigenvalue weighted by molar-refractivity contribution is -0.161. The van der Waals surface area contributed by atoms with E-state index in [1.165, 1.54) is 0 Å². The van der Waals surface area contributed by atoms with Gasteiger partial charge >= 0.3 is 23.9 Å². The van der Waals surface area contributed by atoms with Gasteiger partial charge in [-0.2, -0.15) is 0 Å². The smallest absolute Gasteiger partial charge is 0.330 e. The lowest BCUT2D eigenvalue weighted by Crippen LogP contribution is -2.41. The molecule has 0 aromatic heterocycles. The topological polar surface area (TPSA) is 293 Å². The van der Waals surface area contributed by atoms with Gasteiger partial charge in [0.1, 0.15) is 29.9 Å². The number of rotatable bonds is 14. The van der Waals surface area contributed by atoms with Gasteiger partial charge in [0, 0.05) is 6.54 Å². The van der Waals surface area contributed by atoms with Crippen LogP contribution in [0.5, 0.6) is 5.75 Å². The zero-order valence-corrected chi connectivity index (χ0v) is 22.2. The van der Waals surface area contributed by atoms with Crippen LogP contribution in [0.2, 0.25) is 0 Å². The van der Waals surface area contributed by atoms with Crippen molar-refractivity contribution in [3.63, 3.8) is 0 Å². The number of hydrogen-bond donors (Lipinski definition) is 9. The van der Waals surface area contributed by atoms with Crippen molar-refractivity contribution in [2.24, 2.45) is 34.6 Å². The van der Waals surface area contributed by atoms with Gasteiger partial charge < -0.3 is 53.7 Å². The van der Waals surface area contributed by atoms with E-state index in [2.05, 4.69) is 5.32 Å². The molecule has 15 nitrogen and oxygen atoms in total. The molecule has 0 unspecified atom stereocenters. The highest BCUT2D eigenvalue weighted by molar-refractivity contribution is 5.90. The van der Waals surface area contributed by atoms with E-state index >= 15 is 0 Å². The van der Waals surface area contributed by atoms with Gasteiger partial charge in [0.15, 0.2) is 5.96 Å². The highest BCUT2D eigenvalue weighted by Gasteiger charge is 2.24. The van der Waals surface area contributed by atoms with E-state index in [0.717, 1.165) is 6.42 Å². The van der Waals surface area contributed by atoms with Crippen molar-refractivity contribution in [2.75, 3.05) is 13.2 Å². The number of nitrogens with two attached hydrogens (primary N) is 5. The van der Waals surface area contributed by atoms with Gasteiger partial charge in [0.2, 0.25) is 0 Å². The third kappa shape index (κ3) is 14.8. The van der Waals surface area contributed by atoms with Crippen molar-refractivity contribution >= 4 is 29.8 Å². The maximum absolute atomic E-state index is 12.1. The summed E-state index contributed by atoms with van der Waals surface area (Å²) >= 11 is 0. The first-order valence-electron chi connectivity index (χ1n) is 12.2. The molecule has 0 bridgehead atoms. The van der Waals surface area contributed by atoms with Crippen LogP contribution in [0, 0.1) is 11.3 Å². The highest BCUT2D eigenvalue weighted by atomic mass is 16.6. The highest BCUT2D eigenvalue weighted by Crippen LogP contribution is 2.16. The first kappa shape index (κ1) is 35.4. The summed E-state index contributed by atoms with van der Waals surface area (Å²) < 4.78 is 10.0. The van der Waals surface area contributed by atoms with Crippen LogP contribution in [0.25, 0.3) is 0 Å². The number of carbonyl (C=O) groups excluding carboxylic acids is 3. The maximum Gasteiger partial charge on any atom is 0.330 e. The molecule has 15 heteroatoms. The molecule has 1 rings (SSSR count). The van der Waals surface area contributed by atoms with E-state index in [-0.39, 0.29) is 24.7 Å². The average molecular weight is 556 g/mol. The predicted molar refractivity (Wildman–Crippen MR) is 142 cm³/mol. The minimum Gasteiger partial charge on any atom is -0.480 e. The van der Waals surface area contributed by atoms with Gasteiger partial charge in [-0.25, -0.2) is 14.4 Å².